The first-order valence-corrected chi connectivity index (χ1v) is 10.9. The molecule has 1 aromatic carbocycles. The molecule has 2 aromatic rings. The fourth-order valence-electron chi connectivity index (χ4n) is 2.88. The van der Waals surface area contributed by atoms with Crippen LogP contribution in [0.4, 0.5) is 37.8 Å². The minimum Gasteiger partial charge on any atom is -0.368 e. The lowest BCUT2D eigenvalue weighted by Crippen LogP contribution is -2.35. The smallest absolute Gasteiger partial charge is 0.368 e. The molecule has 0 fully saturated rings. The van der Waals surface area contributed by atoms with E-state index in [1.165, 1.54) is 18.2 Å². The van der Waals surface area contributed by atoms with Crippen LogP contribution in [-0.4, -0.2) is 29.2 Å². The van der Waals surface area contributed by atoms with Crippen molar-refractivity contribution >= 4 is 46.5 Å². The van der Waals surface area contributed by atoms with Crippen LogP contribution in [0.1, 0.15) is 11.1 Å². The molecule has 0 aliphatic carbocycles. The fraction of sp³-hybridized carbons (Fsp3) is 0.174. The number of carbonyl (C=O) groups is 2. The Hall–Kier alpha value is -3.51. The number of nitrogens with zero attached hydrogens (tertiary/aromatic N) is 2. The van der Waals surface area contributed by atoms with Crippen LogP contribution in [0.2, 0.25) is 5.02 Å². The first kappa shape index (κ1) is 29.7. The summed E-state index contributed by atoms with van der Waals surface area (Å²) >= 11 is 12.0. The number of anilines is 2. The Morgan fingerprint density at radius 1 is 1.08 bits per heavy atom. The molecule has 0 saturated heterocycles. The van der Waals surface area contributed by atoms with Gasteiger partial charge in [0, 0.05) is 23.2 Å². The molecule has 3 N–H and O–H groups in total. The highest BCUT2D eigenvalue weighted by Gasteiger charge is 2.33. The number of halogens is 8. The SMILES string of the molecule is C=C/C=C(\C=C(/CCl)N(CC(N)=O)c1ncc(C(F)(F)F)cc1Cl)C(=O)Nc1ccc(C(F)(F)F)cc1. The van der Waals surface area contributed by atoms with Crippen LogP contribution >= 0.6 is 23.2 Å². The van der Waals surface area contributed by atoms with Crippen LogP contribution in [0.25, 0.3) is 0 Å². The van der Waals surface area contributed by atoms with Gasteiger partial charge in [0.05, 0.1) is 22.0 Å². The van der Waals surface area contributed by atoms with E-state index in [1.807, 2.05) is 0 Å². The highest BCUT2D eigenvalue weighted by molar-refractivity contribution is 6.33. The number of nitrogens with two attached hydrogens (primary N) is 1. The number of amides is 2. The number of rotatable bonds is 9. The first-order valence-electron chi connectivity index (χ1n) is 10.0. The molecule has 0 aliphatic rings. The van der Waals surface area contributed by atoms with Crippen molar-refractivity contribution in [2.75, 3.05) is 22.6 Å². The van der Waals surface area contributed by atoms with Gasteiger partial charge in [0.15, 0.2) is 5.82 Å². The highest BCUT2D eigenvalue weighted by atomic mass is 35.5. The summed E-state index contributed by atoms with van der Waals surface area (Å²) < 4.78 is 77.3. The maximum Gasteiger partial charge on any atom is 0.417 e. The van der Waals surface area contributed by atoms with E-state index in [1.54, 1.807) is 0 Å². The number of nitrogens with one attached hydrogen (secondary N) is 1. The minimum absolute atomic E-state index is 0.00899. The predicted octanol–water partition coefficient (Wildman–Crippen LogP) is 5.94. The maximum absolute atomic E-state index is 13.0. The molecule has 0 atom stereocenters. The van der Waals surface area contributed by atoms with Gasteiger partial charge in [0.1, 0.15) is 6.54 Å². The number of carbonyl (C=O) groups excluding carboxylic acids is 2. The van der Waals surface area contributed by atoms with Crippen LogP contribution < -0.4 is 16.0 Å². The van der Waals surface area contributed by atoms with Crippen molar-refractivity contribution in [1.82, 2.24) is 4.98 Å². The van der Waals surface area contributed by atoms with Crippen LogP contribution in [0, 0.1) is 0 Å². The third-order valence-electron chi connectivity index (χ3n) is 4.55. The molecule has 2 amide bonds. The van der Waals surface area contributed by atoms with E-state index < -0.39 is 46.9 Å². The minimum atomic E-state index is -4.73. The zero-order chi connectivity index (χ0) is 28.0. The Labute approximate surface area is 217 Å². The van der Waals surface area contributed by atoms with Gasteiger partial charge in [-0.25, -0.2) is 4.98 Å². The second-order valence-electron chi connectivity index (χ2n) is 7.24. The number of allylic oxidation sites excluding steroid dienone is 3. The van der Waals surface area contributed by atoms with Gasteiger partial charge < -0.3 is 16.0 Å². The Morgan fingerprint density at radius 3 is 2.14 bits per heavy atom. The largest absolute Gasteiger partial charge is 0.417 e. The van der Waals surface area contributed by atoms with Crippen LogP contribution in [-0.2, 0) is 21.9 Å². The number of benzene rings is 1. The topological polar surface area (TPSA) is 88.3 Å². The standard InChI is InChI=1S/C23H18Cl2F6N4O2/c1-2-3-13(21(37)34-16-6-4-14(5-7-16)22(26,27)28)8-17(10-24)35(12-19(32)36)20-18(25)9-15(11-33-20)23(29,30)31/h2-9,11H,1,10,12H2,(H2,32,36)(H,34,37)/b13-3+,17-8+. The first-order chi connectivity index (χ1) is 17.2. The molecule has 37 heavy (non-hydrogen) atoms. The van der Waals surface area contributed by atoms with Gasteiger partial charge in [-0.05, 0) is 42.5 Å². The van der Waals surface area contributed by atoms with Gasteiger partial charge >= 0.3 is 12.4 Å². The number of hydrogen-bond donors (Lipinski definition) is 2. The molecule has 0 radical (unpaired) electrons. The molecule has 0 aliphatic heterocycles. The second-order valence-corrected chi connectivity index (χ2v) is 7.91. The molecule has 0 spiro atoms. The zero-order valence-corrected chi connectivity index (χ0v) is 20.1. The van der Waals surface area contributed by atoms with Gasteiger partial charge in [-0.15, -0.1) is 11.6 Å². The van der Waals surface area contributed by atoms with Crippen molar-refractivity contribution in [3.05, 3.63) is 88.8 Å². The van der Waals surface area contributed by atoms with Gasteiger partial charge in [0.2, 0.25) is 5.91 Å². The van der Waals surface area contributed by atoms with Crippen molar-refractivity contribution < 1.29 is 35.9 Å². The monoisotopic (exact) mass is 566 g/mol. The molecular weight excluding hydrogens is 549 g/mol. The van der Waals surface area contributed by atoms with E-state index >= 15 is 0 Å². The summed E-state index contributed by atoms with van der Waals surface area (Å²) in [5, 5.41) is 1.93. The third-order valence-corrected chi connectivity index (χ3v) is 5.11. The summed E-state index contributed by atoms with van der Waals surface area (Å²) in [7, 11) is 0. The zero-order valence-electron chi connectivity index (χ0n) is 18.6. The van der Waals surface area contributed by atoms with Gasteiger partial charge in [-0.1, -0.05) is 24.3 Å². The third kappa shape index (κ3) is 8.25. The lowest BCUT2D eigenvalue weighted by molar-refractivity contribution is -0.138. The summed E-state index contributed by atoms with van der Waals surface area (Å²) in [6.07, 6.45) is -5.16. The van der Waals surface area contributed by atoms with Crippen LogP contribution in [0.5, 0.6) is 0 Å². The van der Waals surface area contributed by atoms with Gasteiger partial charge in [-0.2, -0.15) is 26.3 Å². The van der Waals surface area contributed by atoms with E-state index in [0.29, 0.717) is 12.3 Å². The second kappa shape index (κ2) is 12.2. The number of alkyl halides is 7. The fourth-order valence-corrected chi connectivity index (χ4v) is 3.37. The number of aromatic nitrogens is 1. The quantitative estimate of drug-likeness (QED) is 0.170. The normalized spacial score (nSPS) is 12.8. The summed E-state index contributed by atoms with van der Waals surface area (Å²) in [6, 6.07) is 4.24. The van der Waals surface area contributed by atoms with Crippen LogP contribution in [0.15, 0.2) is 72.6 Å². The van der Waals surface area contributed by atoms with Crippen molar-refractivity contribution in [2.24, 2.45) is 5.73 Å². The summed E-state index contributed by atoms with van der Waals surface area (Å²) in [5.74, 6) is -2.39. The molecular formula is C23H18Cl2F6N4O2. The van der Waals surface area contributed by atoms with Crippen LogP contribution in [0.3, 0.4) is 0 Å². The van der Waals surface area contributed by atoms with E-state index in [0.717, 1.165) is 29.2 Å². The van der Waals surface area contributed by atoms with E-state index in [4.69, 9.17) is 28.9 Å². The molecule has 0 unspecified atom stereocenters. The molecule has 14 heteroatoms. The number of primary amides is 1. The molecule has 2 rings (SSSR count). The van der Waals surface area contributed by atoms with Crippen molar-refractivity contribution in [3.8, 4) is 0 Å². The Balaban J connectivity index is 2.45. The van der Waals surface area contributed by atoms with E-state index in [2.05, 4.69) is 16.9 Å². The average molecular weight is 567 g/mol. The molecule has 0 bridgehead atoms. The maximum atomic E-state index is 13.0. The van der Waals surface area contributed by atoms with E-state index in [9.17, 15) is 35.9 Å². The number of hydrogen-bond acceptors (Lipinski definition) is 4. The predicted molar refractivity (Wildman–Crippen MR) is 128 cm³/mol. The summed E-state index contributed by atoms with van der Waals surface area (Å²) in [5.41, 5.74) is 3.12. The number of pyridine rings is 1. The Kier molecular flexibility index (Phi) is 9.76. The van der Waals surface area contributed by atoms with E-state index in [-0.39, 0.29) is 28.7 Å². The van der Waals surface area contributed by atoms with Crippen molar-refractivity contribution in [2.45, 2.75) is 12.4 Å². The Bertz CT molecular complexity index is 1230. The summed E-state index contributed by atoms with van der Waals surface area (Å²) in [6.45, 7) is 2.88. The van der Waals surface area contributed by atoms with Crippen molar-refractivity contribution in [1.29, 1.82) is 0 Å². The molecule has 198 valence electrons. The van der Waals surface area contributed by atoms with Crippen molar-refractivity contribution in [3.63, 3.8) is 0 Å². The average Bonchev–Trinajstić information content (AvgIpc) is 2.79. The lowest BCUT2D eigenvalue weighted by Gasteiger charge is -2.26. The summed E-state index contributed by atoms with van der Waals surface area (Å²) in [4.78, 5) is 29.2. The highest BCUT2D eigenvalue weighted by Crippen LogP contribution is 2.35. The lowest BCUT2D eigenvalue weighted by atomic mass is 10.1. The van der Waals surface area contributed by atoms with Gasteiger partial charge in [0.25, 0.3) is 5.91 Å². The Morgan fingerprint density at radius 2 is 1.68 bits per heavy atom. The molecule has 1 heterocycles. The molecule has 0 saturated carbocycles. The molecule has 6 nitrogen and oxygen atoms in total. The van der Waals surface area contributed by atoms with Gasteiger partial charge in [-0.3, -0.25) is 9.59 Å². The molecule has 1 aromatic heterocycles.